The van der Waals surface area contributed by atoms with Crippen LogP contribution in [0.4, 0.5) is 5.69 Å². The second-order valence-electron chi connectivity index (χ2n) is 5.94. The zero-order valence-electron chi connectivity index (χ0n) is 13.9. The van der Waals surface area contributed by atoms with Crippen LogP contribution in [0.2, 0.25) is 0 Å². The van der Waals surface area contributed by atoms with Crippen LogP contribution >= 0.6 is 0 Å². The third-order valence-corrected chi connectivity index (χ3v) is 4.46. The quantitative estimate of drug-likeness (QED) is 0.612. The van der Waals surface area contributed by atoms with E-state index in [1.54, 1.807) is 4.90 Å². The van der Waals surface area contributed by atoms with Gasteiger partial charge in [-0.05, 0) is 25.5 Å². The SMILES string of the molecule is CCN(c1cccc2c1[nH]c1ccccc12)C(CCC(=O)O)C(=O)O. The molecule has 1 heterocycles. The Balaban J connectivity index is 2.10. The molecular formula is C19H20N2O4. The van der Waals surface area contributed by atoms with Gasteiger partial charge in [-0.3, -0.25) is 4.79 Å². The number of nitrogens with zero attached hydrogens (tertiary/aromatic N) is 1. The van der Waals surface area contributed by atoms with Crippen molar-refractivity contribution in [2.75, 3.05) is 11.4 Å². The normalized spacial score (nSPS) is 12.4. The molecule has 0 bridgehead atoms. The predicted molar refractivity (Wildman–Crippen MR) is 97.1 cm³/mol. The molecule has 25 heavy (non-hydrogen) atoms. The van der Waals surface area contributed by atoms with Crippen LogP contribution < -0.4 is 4.90 Å². The van der Waals surface area contributed by atoms with Crippen LogP contribution in [0.15, 0.2) is 42.5 Å². The van der Waals surface area contributed by atoms with Crippen molar-refractivity contribution < 1.29 is 19.8 Å². The number of anilines is 1. The first-order valence-electron chi connectivity index (χ1n) is 8.23. The highest BCUT2D eigenvalue weighted by Crippen LogP contribution is 2.33. The van der Waals surface area contributed by atoms with Gasteiger partial charge in [-0.2, -0.15) is 0 Å². The Morgan fingerprint density at radius 3 is 2.48 bits per heavy atom. The number of carbonyl (C=O) groups is 2. The highest BCUT2D eigenvalue weighted by Gasteiger charge is 2.27. The monoisotopic (exact) mass is 340 g/mol. The van der Waals surface area contributed by atoms with E-state index in [0.29, 0.717) is 6.54 Å². The lowest BCUT2D eigenvalue weighted by Gasteiger charge is -2.30. The number of H-pyrrole nitrogens is 1. The van der Waals surface area contributed by atoms with E-state index in [1.165, 1.54) is 0 Å². The highest BCUT2D eigenvalue weighted by atomic mass is 16.4. The number of aromatic nitrogens is 1. The summed E-state index contributed by atoms with van der Waals surface area (Å²) >= 11 is 0. The van der Waals surface area contributed by atoms with Crippen LogP contribution in [0.3, 0.4) is 0 Å². The highest BCUT2D eigenvalue weighted by molar-refractivity contribution is 6.11. The maximum Gasteiger partial charge on any atom is 0.326 e. The topological polar surface area (TPSA) is 93.6 Å². The van der Waals surface area contributed by atoms with Crippen LogP contribution in [0, 0.1) is 0 Å². The number of hydrogen-bond donors (Lipinski definition) is 3. The van der Waals surface area contributed by atoms with Crippen LogP contribution in [0.25, 0.3) is 21.8 Å². The van der Waals surface area contributed by atoms with Crippen LogP contribution in [0.5, 0.6) is 0 Å². The first-order chi connectivity index (χ1) is 12.0. The van der Waals surface area contributed by atoms with Gasteiger partial charge in [0.05, 0.1) is 11.2 Å². The summed E-state index contributed by atoms with van der Waals surface area (Å²) in [5, 5.41) is 20.6. The van der Waals surface area contributed by atoms with E-state index in [9.17, 15) is 14.7 Å². The minimum absolute atomic E-state index is 0.0507. The zero-order chi connectivity index (χ0) is 18.0. The lowest BCUT2D eigenvalue weighted by molar-refractivity contribution is -0.139. The summed E-state index contributed by atoms with van der Waals surface area (Å²) in [6.07, 6.45) is -0.134. The van der Waals surface area contributed by atoms with Gasteiger partial charge >= 0.3 is 11.9 Å². The Labute approximate surface area is 144 Å². The molecule has 3 rings (SSSR count). The van der Waals surface area contributed by atoms with Crippen molar-refractivity contribution in [3.05, 3.63) is 42.5 Å². The van der Waals surface area contributed by atoms with Crippen molar-refractivity contribution in [1.29, 1.82) is 0 Å². The Kier molecular flexibility index (Phi) is 4.61. The van der Waals surface area contributed by atoms with Gasteiger partial charge < -0.3 is 20.1 Å². The molecule has 0 aliphatic rings. The molecule has 130 valence electrons. The Morgan fingerprint density at radius 2 is 1.80 bits per heavy atom. The summed E-state index contributed by atoms with van der Waals surface area (Å²) in [4.78, 5) is 27.8. The zero-order valence-corrected chi connectivity index (χ0v) is 13.9. The molecule has 0 spiro atoms. The van der Waals surface area contributed by atoms with Crippen LogP contribution in [-0.4, -0.2) is 39.7 Å². The van der Waals surface area contributed by atoms with Crippen molar-refractivity contribution in [1.82, 2.24) is 4.98 Å². The number of aliphatic carboxylic acids is 2. The lowest BCUT2D eigenvalue weighted by Crippen LogP contribution is -2.41. The van der Waals surface area contributed by atoms with E-state index in [0.717, 1.165) is 27.5 Å². The minimum Gasteiger partial charge on any atom is -0.481 e. The van der Waals surface area contributed by atoms with E-state index in [4.69, 9.17) is 5.11 Å². The van der Waals surface area contributed by atoms with Gasteiger partial charge in [0.15, 0.2) is 0 Å². The number of fused-ring (bicyclic) bond motifs is 3. The number of carboxylic acids is 2. The maximum absolute atomic E-state index is 11.7. The number of nitrogens with one attached hydrogen (secondary N) is 1. The summed E-state index contributed by atoms with van der Waals surface area (Å²) in [5.41, 5.74) is 2.62. The van der Waals surface area contributed by atoms with Gasteiger partial charge in [-0.15, -0.1) is 0 Å². The summed E-state index contributed by atoms with van der Waals surface area (Å²) in [7, 11) is 0. The molecule has 0 aliphatic heterocycles. The number of likely N-dealkylation sites (N-methyl/N-ethyl adjacent to an activating group) is 1. The summed E-state index contributed by atoms with van der Waals surface area (Å²) < 4.78 is 0. The average molecular weight is 340 g/mol. The molecule has 0 amide bonds. The molecule has 3 N–H and O–H groups in total. The fourth-order valence-electron chi connectivity index (χ4n) is 3.33. The van der Waals surface area contributed by atoms with Crippen molar-refractivity contribution >= 4 is 39.4 Å². The van der Waals surface area contributed by atoms with Gasteiger partial charge in [0.2, 0.25) is 0 Å². The third kappa shape index (κ3) is 3.15. The predicted octanol–water partition coefficient (Wildman–Crippen LogP) is 3.47. The number of rotatable bonds is 7. The van der Waals surface area contributed by atoms with E-state index in [1.807, 2.05) is 49.4 Å². The van der Waals surface area contributed by atoms with Gasteiger partial charge in [-0.1, -0.05) is 30.3 Å². The van der Waals surface area contributed by atoms with Gasteiger partial charge in [0.25, 0.3) is 0 Å². The number of para-hydroxylation sites is 2. The molecule has 0 saturated heterocycles. The fourth-order valence-corrected chi connectivity index (χ4v) is 3.33. The largest absolute Gasteiger partial charge is 0.481 e. The summed E-state index contributed by atoms with van der Waals surface area (Å²) in [6, 6.07) is 12.8. The minimum atomic E-state index is -1.02. The van der Waals surface area contributed by atoms with Crippen molar-refractivity contribution in [2.45, 2.75) is 25.8 Å². The second kappa shape index (κ2) is 6.84. The molecule has 6 nitrogen and oxygen atoms in total. The van der Waals surface area contributed by atoms with Crippen molar-refractivity contribution in [3.8, 4) is 0 Å². The number of benzene rings is 2. The van der Waals surface area contributed by atoms with E-state index in [2.05, 4.69) is 4.98 Å². The molecule has 1 aromatic heterocycles. The summed E-state index contributed by atoms with van der Waals surface area (Å²) in [6.45, 7) is 2.34. The maximum atomic E-state index is 11.7. The molecule has 3 aromatic rings. The second-order valence-corrected chi connectivity index (χ2v) is 5.94. The standard InChI is InChI=1S/C19H20N2O4/c1-2-21(16(19(24)25)10-11-17(22)23)15-9-5-7-13-12-6-3-4-8-14(12)20-18(13)15/h3-9,16,20H,2,10-11H2,1H3,(H,22,23)(H,24,25). The van der Waals surface area contributed by atoms with Gasteiger partial charge in [0.1, 0.15) is 6.04 Å². The first kappa shape index (κ1) is 16.8. The molecular weight excluding hydrogens is 320 g/mol. The molecule has 0 aliphatic carbocycles. The Morgan fingerprint density at radius 1 is 1.08 bits per heavy atom. The number of hydrogen-bond acceptors (Lipinski definition) is 3. The van der Waals surface area contributed by atoms with Crippen LogP contribution in [-0.2, 0) is 9.59 Å². The fraction of sp³-hybridized carbons (Fsp3) is 0.263. The van der Waals surface area contributed by atoms with Crippen LogP contribution in [0.1, 0.15) is 19.8 Å². The van der Waals surface area contributed by atoms with Gasteiger partial charge in [0, 0.05) is 29.3 Å². The third-order valence-electron chi connectivity index (χ3n) is 4.46. The molecule has 0 fully saturated rings. The first-order valence-corrected chi connectivity index (χ1v) is 8.23. The smallest absolute Gasteiger partial charge is 0.326 e. The Bertz CT molecular complexity index is 931. The molecule has 6 heteroatoms. The molecule has 1 unspecified atom stereocenters. The average Bonchev–Trinajstić information content (AvgIpc) is 2.97. The Hall–Kier alpha value is -3.02. The molecule has 2 aromatic carbocycles. The van der Waals surface area contributed by atoms with E-state index >= 15 is 0 Å². The summed E-state index contributed by atoms with van der Waals surface area (Å²) in [5.74, 6) is -2.01. The molecule has 1 atom stereocenters. The van der Waals surface area contributed by atoms with Crippen molar-refractivity contribution in [3.63, 3.8) is 0 Å². The number of aromatic amines is 1. The lowest BCUT2D eigenvalue weighted by atomic mass is 10.1. The number of carboxylic acid groups (broad SMARTS) is 2. The van der Waals surface area contributed by atoms with E-state index < -0.39 is 18.0 Å². The van der Waals surface area contributed by atoms with Crippen molar-refractivity contribution in [2.24, 2.45) is 0 Å². The molecule has 0 radical (unpaired) electrons. The molecule has 0 saturated carbocycles. The van der Waals surface area contributed by atoms with E-state index in [-0.39, 0.29) is 12.8 Å². The van der Waals surface area contributed by atoms with Gasteiger partial charge in [-0.25, -0.2) is 4.79 Å².